The van der Waals surface area contributed by atoms with Gasteiger partial charge in [-0.2, -0.15) is 5.26 Å². The number of nitrogens with zero attached hydrogens (tertiary/aromatic N) is 4. The molecule has 1 aromatic heterocycles. The van der Waals surface area contributed by atoms with Crippen LogP contribution in [-0.4, -0.2) is 31.5 Å². The van der Waals surface area contributed by atoms with Crippen LogP contribution >= 0.6 is 23.4 Å². The number of hydrogen-bond acceptors (Lipinski definition) is 5. The Balaban J connectivity index is 1.98. The molecule has 2 aromatic carbocycles. The summed E-state index contributed by atoms with van der Waals surface area (Å²) in [6.07, 6.45) is 0. The van der Waals surface area contributed by atoms with Crippen molar-refractivity contribution in [2.24, 2.45) is 5.92 Å². The molecule has 2 unspecified atom stereocenters. The Hall–Kier alpha value is -2.82. The van der Waals surface area contributed by atoms with Crippen molar-refractivity contribution in [1.82, 2.24) is 20.1 Å². The van der Waals surface area contributed by atoms with E-state index >= 15 is 0 Å². The lowest BCUT2D eigenvalue weighted by Gasteiger charge is -2.28. The number of benzene rings is 2. The number of halogens is 1. The van der Waals surface area contributed by atoms with Gasteiger partial charge in [0.2, 0.25) is 5.91 Å². The summed E-state index contributed by atoms with van der Waals surface area (Å²) in [4.78, 5) is 12.9. The number of nitriles is 1. The molecular formula is C24H26ClN5OS. The van der Waals surface area contributed by atoms with E-state index in [9.17, 15) is 10.1 Å². The van der Waals surface area contributed by atoms with Crippen molar-refractivity contribution in [2.75, 3.05) is 0 Å². The maximum absolute atomic E-state index is 12.9. The van der Waals surface area contributed by atoms with Gasteiger partial charge in [-0.1, -0.05) is 55.4 Å². The molecule has 0 bridgehead atoms. The smallest absolute Gasteiger partial charge is 0.234 e. The fraction of sp³-hybridized carbons (Fsp3) is 0.333. The highest BCUT2D eigenvalue weighted by molar-refractivity contribution is 8.00. The molecule has 0 fully saturated rings. The molecule has 0 radical (unpaired) electrons. The summed E-state index contributed by atoms with van der Waals surface area (Å²) in [5, 5.41) is 22.0. The van der Waals surface area contributed by atoms with E-state index < -0.39 is 10.8 Å². The predicted molar refractivity (Wildman–Crippen MR) is 129 cm³/mol. The van der Waals surface area contributed by atoms with Crippen molar-refractivity contribution in [3.05, 3.63) is 59.1 Å². The summed E-state index contributed by atoms with van der Waals surface area (Å²) in [5.74, 6) is 0.413. The molecule has 0 spiro atoms. The number of aromatic nitrogens is 3. The summed E-state index contributed by atoms with van der Waals surface area (Å²) in [7, 11) is 0. The van der Waals surface area contributed by atoms with Gasteiger partial charge in [0, 0.05) is 10.6 Å². The number of carbonyl (C=O) groups excluding carboxylic acids is 1. The number of carbonyl (C=O) groups is 1. The molecule has 0 aliphatic rings. The molecule has 1 heterocycles. The van der Waals surface area contributed by atoms with Crippen LogP contribution in [0.15, 0.2) is 53.7 Å². The topological polar surface area (TPSA) is 83.6 Å². The number of para-hydroxylation sites is 1. The van der Waals surface area contributed by atoms with Crippen LogP contribution in [-0.2, 0) is 4.79 Å². The normalized spacial score (nSPS) is 13.9. The van der Waals surface area contributed by atoms with Crippen LogP contribution in [0.4, 0.5) is 0 Å². The van der Waals surface area contributed by atoms with Gasteiger partial charge in [-0.05, 0) is 62.6 Å². The lowest BCUT2D eigenvalue weighted by Crippen LogP contribution is -2.51. The molecule has 8 heteroatoms. The first-order valence-corrected chi connectivity index (χ1v) is 11.6. The van der Waals surface area contributed by atoms with Gasteiger partial charge >= 0.3 is 0 Å². The molecule has 3 rings (SSSR count). The molecule has 2 atom stereocenters. The van der Waals surface area contributed by atoms with Crippen LogP contribution in [0.3, 0.4) is 0 Å². The van der Waals surface area contributed by atoms with Crippen molar-refractivity contribution in [3.8, 4) is 23.1 Å². The van der Waals surface area contributed by atoms with Gasteiger partial charge in [-0.3, -0.25) is 9.36 Å². The number of nitrogens with one attached hydrogen (secondary N) is 1. The summed E-state index contributed by atoms with van der Waals surface area (Å²) >= 11 is 7.37. The number of aryl methyl sites for hydroxylation is 1. The van der Waals surface area contributed by atoms with Gasteiger partial charge in [0.05, 0.1) is 17.0 Å². The monoisotopic (exact) mass is 467 g/mol. The van der Waals surface area contributed by atoms with Crippen LogP contribution in [0.5, 0.6) is 0 Å². The molecule has 0 saturated heterocycles. The van der Waals surface area contributed by atoms with Crippen molar-refractivity contribution < 1.29 is 4.79 Å². The Morgan fingerprint density at radius 2 is 1.81 bits per heavy atom. The zero-order valence-electron chi connectivity index (χ0n) is 18.8. The van der Waals surface area contributed by atoms with Crippen LogP contribution in [0, 0.1) is 24.2 Å². The molecule has 1 amide bonds. The first-order chi connectivity index (χ1) is 15.2. The summed E-state index contributed by atoms with van der Waals surface area (Å²) < 4.78 is 1.96. The minimum absolute atomic E-state index is 0.0271. The van der Waals surface area contributed by atoms with Crippen molar-refractivity contribution in [1.29, 1.82) is 5.26 Å². The number of amides is 1. The van der Waals surface area contributed by atoms with E-state index in [0.717, 1.165) is 16.8 Å². The van der Waals surface area contributed by atoms with Crippen molar-refractivity contribution in [3.63, 3.8) is 0 Å². The Morgan fingerprint density at radius 1 is 1.16 bits per heavy atom. The number of rotatable bonds is 7. The van der Waals surface area contributed by atoms with Gasteiger partial charge in [-0.25, -0.2) is 0 Å². The Kier molecular flexibility index (Phi) is 7.27. The maximum Gasteiger partial charge on any atom is 0.234 e. The highest BCUT2D eigenvalue weighted by atomic mass is 35.5. The molecule has 0 aliphatic carbocycles. The third-order valence-corrected chi connectivity index (χ3v) is 6.81. The maximum atomic E-state index is 12.9. The SMILES string of the molecule is Cc1ccccc1-n1c(SC(C)C(=O)NC(C)(C#N)C(C)C)nnc1-c1ccc(Cl)cc1. The van der Waals surface area contributed by atoms with Gasteiger partial charge in [-0.15, -0.1) is 10.2 Å². The molecule has 6 nitrogen and oxygen atoms in total. The zero-order valence-corrected chi connectivity index (χ0v) is 20.3. The Labute approximate surface area is 198 Å². The van der Waals surface area contributed by atoms with E-state index in [1.165, 1.54) is 11.8 Å². The van der Waals surface area contributed by atoms with E-state index in [2.05, 4.69) is 21.6 Å². The molecule has 0 aliphatic heterocycles. The van der Waals surface area contributed by atoms with Gasteiger partial charge < -0.3 is 5.32 Å². The molecular weight excluding hydrogens is 442 g/mol. The predicted octanol–water partition coefficient (Wildman–Crippen LogP) is 5.43. The van der Waals surface area contributed by atoms with Crippen LogP contribution in [0.2, 0.25) is 5.02 Å². The molecule has 166 valence electrons. The first kappa shape index (κ1) is 23.8. The van der Waals surface area contributed by atoms with Gasteiger partial charge in [0.25, 0.3) is 0 Å². The summed E-state index contributed by atoms with van der Waals surface area (Å²) in [5.41, 5.74) is 1.91. The minimum Gasteiger partial charge on any atom is -0.337 e. The van der Waals surface area contributed by atoms with Crippen LogP contribution < -0.4 is 5.32 Å². The van der Waals surface area contributed by atoms with Crippen LogP contribution in [0.25, 0.3) is 17.1 Å². The number of thioether (sulfide) groups is 1. The highest BCUT2D eigenvalue weighted by Crippen LogP contribution is 2.32. The Morgan fingerprint density at radius 3 is 2.41 bits per heavy atom. The fourth-order valence-corrected chi connectivity index (χ4v) is 4.02. The summed E-state index contributed by atoms with van der Waals surface area (Å²) in [6.45, 7) is 9.38. The molecule has 0 saturated carbocycles. The first-order valence-electron chi connectivity index (χ1n) is 10.3. The Bertz CT molecular complexity index is 1150. The lowest BCUT2D eigenvalue weighted by molar-refractivity contribution is -0.121. The fourth-order valence-electron chi connectivity index (χ4n) is 3.03. The average Bonchev–Trinajstić information content (AvgIpc) is 3.17. The second-order valence-electron chi connectivity index (χ2n) is 8.15. The van der Waals surface area contributed by atoms with E-state index in [1.807, 2.05) is 73.9 Å². The zero-order chi connectivity index (χ0) is 23.5. The standard InChI is InChI=1S/C24H26ClN5OS/c1-15(2)24(5,14-26)27-22(31)17(4)32-23-29-28-21(18-10-12-19(25)13-11-18)30(23)20-9-7-6-8-16(20)3/h6-13,15,17H,1-5H3,(H,27,31). The lowest BCUT2D eigenvalue weighted by atomic mass is 9.90. The quantitative estimate of drug-likeness (QED) is 0.468. The minimum atomic E-state index is -0.940. The molecule has 1 N–H and O–H groups in total. The van der Waals surface area contributed by atoms with E-state index in [1.54, 1.807) is 13.8 Å². The second-order valence-corrected chi connectivity index (χ2v) is 9.90. The second kappa shape index (κ2) is 9.76. The third-order valence-electron chi connectivity index (χ3n) is 5.51. The average molecular weight is 468 g/mol. The van der Waals surface area contributed by atoms with Crippen molar-refractivity contribution >= 4 is 29.3 Å². The van der Waals surface area contributed by atoms with Crippen molar-refractivity contribution in [2.45, 2.75) is 50.6 Å². The van der Waals surface area contributed by atoms with E-state index in [4.69, 9.17) is 11.6 Å². The van der Waals surface area contributed by atoms with Crippen LogP contribution in [0.1, 0.15) is 33.3 Å². The van der Waals surface area contributed by atoms with E-state index in [-0.39, 0.29) is 11.8 Å². The number of hydrogen-bond donors (Lipinski definition) is 1. The van der Waals surface area contributed by atoms with Gasteiger partial charge in [0.1, 0.15) is 5.54 Å². The summed E-state index contributed by atoms with van der Waals surface area (Å²) in [6, 6.07) is 17.6. The van der Waals surface area contributed by atoms with E-state index in [0.29, 0.717) is 16.0 Å². The largest absolute Gasteiger partial charge is 0.337 e. The molecule has 3 aromatic rings. The molecule has 32 heavy (non-hydrogen) atoms. The van der Waals surface area contributed by atoms with Gasteiger partial charge in [0.15, 0.2) is 11.0 Å². The third kappa shape index (κ3) is 4.98. The highest BCUT2D eigenvalue weighted by Gasteiger charge is 2.32.